The molecule has 4 heterocycles. The highest BCUT2D eigenvalue weighted by atomic mass is 19.4. The lowest BCUT2D eigenvalue weighted by Crippen LogP contribution is -2.08. The number of para-hydroxylation sites is 4. The molecule has 0 spiro atoms. The number of aromatic nitrogens is 4. The Hall–Kier alpha value is -16.1. The molecule has 0 aliphatic rings. The van der Waals surface area contributed by atoms with Gasteiger partial charge in [0.1, 0.15) is 0 Å². The Morgan fingerprint density at radius 1 is 0.206 bits per heavy atom. The number of fused-ring (bicyclic) bond motifs is 12. The summed E-state index contributed by atoms with van der Waals surface area (Å²) in [6, 6.07) is 123. The number of hydrogen-bond acceptors (Lipinski definition) is 0. The van der Waals surface area contributed by atoms with Gasteiger partial charge in [-0.1, -0.05) is 270 Å². The Labute approximate surface area is 760 Å². The molecule has 0 unspecified atom stereocenters. The number of nitrogens with zero attached hydrogens (tertiary/aromatic N) is 6. The molecule has 131 heavy (non-hydrogen) atoms. The molecule has 22 aromatic rings. The maximum absolute atomic E-state index is 14.9. The lowest BCUT2D eigenvalue weighted by Gasteiger charge is -2.21. The minimum absolute atomic E-state index is 0.137. The fraction of sp³-hybridized carbons (Fsp3) is 0.0984. The molecular formula is C122H91F3N6. The second-order valence-corrected chi connectivity index (χ2v) is 35.6. The van der Waals surface area contributed by atoms with Crippen molar-refractivity contribution in [1.29, 1.82) is 0 Å². The van der Waals surface area contributed by atoms with E-state index in [-0.39, 0.29) is 5.56 Å². The molecule has 0 atom stereocenters. The number of rotatable bonds is 12. The van der Waals surface area contributed by atoms with Crippen LogP contribution in [0.1, 0.15) is 66.8 Å². The highest BCUT2D eigenvalue weighted by Crippen LogP contribution is 2.50. The van der Waals surface area contributed by atoms with Gasteiger partial charge in [-0.25, -0.2) is 9.69 Å². The topological polar surface area (TPSA) is 28.4 Å². The summed E-state index contributed by atoms with van der Waals surface area (Å²) >= 11 is 0. The Kier molecular flexibility index (Phi) is 20.2. The Morgan fingerprint density at radius 3 is 0.885 bits per heavy atom. The van der Waals surface area contributed by atoms with Gasteiger partial charge < -0.3 is 18.3 Å². The summed E-state index contributed by atoms with van der Waals surface area (Å²) < 4.78 is 54.2. The Balaban J connectivity index is 0.000000158. The molecule has 0 bridgehead atoms. The van der Waals surface area contributed by atoms with Crippen LogP contribution in [0.4, 0.5) is 24.5 Å². The molecule has 0 N–H and O–H groups in total. The predicted octanol–water partition coefficient (Wildman–Crippen LogP) is 34.6. The van der Waals surface area contributed by atoms with Gasteiger partial charge in [-0.2, -0.15) is 13.2 Å². The van der Waals surface area contributed by atoms with Gasteiger partial charge in [0.2, 0.25) is 0 Å². The van der Waals surface area contributed by atoms with Crippen molar-refractivity contribution in [3.05, 3.63) is 441 Å². The van der Waals surface area contributed by atoms with Crippen LogP contribution < -0.4 is 0 Å². The van der Waals surface area contributed by atoms with Crippen LogP contribution in [0.25, 0.3) is 209 Å². The van der Waals surface area contributed by atoms with E-state index in [0.29, 0.717) is 28.2 Å². The SMILES string of the molecule is [C-]#[N+]c1ccc(-n2c3ccccc3c3cc(-c4cc(C)cc(C)c4)ccc32)c(-c2ccc(-c3c(C)cccc3C)cc2-n2c3ccccc3c3cc(-c4cc(C)cc(C)c4)ccc32)c1.[C-]#[N+]c1ccc(-n2c3ccccc3c3cc(-c4ccc(C)cc4C)ccc32)c(-c2ccc(-c3c(C)cccc3C(F)(F)F)cc2-n2c3ccccc3c3cc(-c4ccc(C)cc4C)ccc32)c1. The second kappa shape index (κ2) is 32.3. The normalized spacial score (nSPS) is 11.7. The molecule has 0 amide bonds. The van der Waals surface area contributed by atoms with Crippen LogP contribution in [0.15, 0.2) is 352 Å². The van der Waals surface area contributed by atoms with E-state index in [1.165, 1.54) is 117 Å². The third-order valence-corrected chi connectivity index (χ3v) is 26.6. The molecule has 6 nitrogen and oxygen atoms in total. The molecule has 18 aromatic carbocycles. The minimum atomic E-state index is -4.58. The molecule has 0 saturated carbocycles. The average Bonchev–Trinajstić information content (AvgIpc) is 1.60. The van der Waals surface area contributed by atoms with Gasteiger partial charge in [-0.05, 0) is 297 Å². The average molecular weight is 1700 g/mol. The fourth-order valence-corrected chi connectivity index (χ4v) is 20.9. The van der Waals surface area contributed by atoms with Crippen LogP contribution in [0.3, 0.4) is 0 Å². The molecule has 0 saturated heterocycles. The fourth-order valence-electron chi connectivity index (χ4n) is 20.9. The number of alkyl halides is 3. The van der Waals surface area contributed by atoms with Crippen molar-refractivity contribution in [2.24, 2.45) is 0 Å². The summed E-state index contributed by atoms with van der Waals surface area (Å²) in [5, 5.41) is 9.00. The summed E-state index contributed by atoms with van der Waals surface area (Å²) in [4.78, 5) is 7.96. The zero-order valence-electron chi connectivity index (χ0n) is 74.8. The zero-order valence-corrected chi connectivity index (χ0v) is 74.8. The molecule has 22 rings (SSSR count). The standard InChI is InChI=1S/C61H44F3N3.C61H47N3/c1-36-18-24-45(39(4)30-36)41-21-27-56-50(32-41)47-13-7-9-16-54(47)66(56)58-29-23-44(65-6)35-52(58)49-26-20-43(60-38(3)12-11-15-53(60)61(62,63)64)34-59(49)67-55-17-10-8-14-48(55)51-33-42(22-28-57(51)67)46-25-19-37(2)31-40(46)5;1-37-27-38(2)30-46(29-37)43-20-24-57-52(33-43)49-15-8-10-17-55(49)63(57)59-26-22-48(62-7)36-54(59)51-23-19-45(61-41(5)13-12-14-42(61)6)35-60(51)64-56-18-11-9-16-50(56)53-34-44(21-25-58(53)64)47-31-39(3)28-40(4)32-47/h7-35H,1-5H3;8-36H,1-6H3. The van der Waals surface area contributed by atoms with Gasteiger partial charge in [0.25, 0.3) is 0 Å². The molecule has 4 aromatic heterocycles. The molecular weight excluding hydrogens is 1610 g/mol. The van der Waals surface area contributed by atoms with Gasteiger partial charge in [0, 0.05) is 54.2 Å². The van der Waals surface area contributed by atoms with E-state index in [1.54, 1.807) is 19.1 Å². The first kappa shape index (κ1) is 81.9. The predicted molar refractivity (Wildman–Crippen MR) is 543 cm³/mol. The van der Waals surface area contributed by atoms with Gasteiger partial charge in [-0.15, -0.1) is 0 Å². The van der Waals surface area contributed by atoms with Crippen LogP contribution in [-0.2, 0) is 6.18 Å². The quantitative estimate of drug-likeness (QED) is 0.109. The van der Waals surface area contributed by atoms with Gasteiger partial charge in [0.15, 0.2) is 11.4 Å². The van der Waals surface area contributed by atoms with Crippen molar-refractivity contribution in [2.75, 3.05) is 0 Å². The van der Waals surface area contributed by atoms with E-state index in [1.807, 2.05) is 54.6 Å². The molecule has 630 valence electrons. The van der Waals surface area contributed by atoms with Crippen molar-refractivity contribution in [3.8, 4) is 112 Å². The van der Waals surface area contributed by atoms with Crippen LogP contribution >= 0.6 is 0 Å². The Bertz CT molecular complexity index is 8570. The van der Waals surface area contributed by atoms with Crippen LogP contribution in [0.5, 0.6) is 0 Å². The maximum atomic E-state index is 14.9. The van der Waals surface area contributed by atoms with Crippen LogP contribution in [0.2, 0.25) is 0 Å². The lowest BCUT2D eigenvalue weighted by atomic mass is 9.91. The number of benzene rings is 18. The minimum Gasteiger partial charge on any atom is -0.309 e. The van der Waals surface area contributed by atoms with Crippen molar-refractivity contribution >= 4 is 98.6 Å². The first-order valence-corrected chi connectivity index (χ1v) is 44.5. The first-order chi connectivity index (χ1) is 63.5. The molecule has 9 heteroatoms. The third-order valence-electron chi connectivity index (χ3n) is 26.6. The third kappa shape index (κ3) is 14.3. The maximum Gasteiger partial charge on any atom is 0.417 e. The highest BCUT2D eigenvalue weighted by Gasteiger charge is 2.35. The lowest BCUT2D eigenvalue weighted by molar-refractivity contribution is -0.137. The zero-order chi connectivity index (χ0) is 90.1. The van der Waals surface area contributed by atoms with Crippen molar-refractivity contribution < 1.29 is 13.2 Å². The van der Waals surface area contributed by atoms with Gasteiger partial charge in [0.05, 0.1) is 85.6 Å². The molecule has 0 aliphatic heterocycles. The number of halogens is 3. The highest BCUT2D eigenvalue weighted by molar-refractivity contribution is 6.16. The molecule has 0 aliphatic carbocycles. The smallest absolute Gasteiger partial charge is 0.309 e. The van der Waals surface area contributed by atoms with E-state index < -0.39 is 11.7 Å². The number of aryl methyl sites for hydroxylation is 11. The van der Waals surface area contributed by atoms with E-state index in [2.05, 4.69) is 370 Å². The van der Waals surface area contributed by atoms with Crippen LogP contribution in [0, 0.1) is 89.3 Å². The summed E-state index contributed by atoms with van der Waals surface area (Å²) in [5.74, 6) is 0. The molecule has 0 fully saturated rings. The largest absolute Gasteiger partial charge is 0.417 e. The van der Waals surface area contributed by atoms with Crippen molar-refractivity contribution in [2.45, 2.75) is 82.3 Å². The van der Waals surface area contributed by atoms with E-state index in [0.717, 1.165) is 133 Å². The van der Waals surface area contributed by atoms with E-state index >= 15 is 0 Å². The van der Waals surface area contributed by atoms with E-state index in [9.17, 15) is 13.2 Å². The van der Waals surface area contributed by atoms with Crippen molar-refractivity contribution in [1.82, 2.24) is 18.3 Å². The summed E-state index contributed by atoms with van der Waals surface area (Å²) in [6.07, 6.45) is -4.58. The van der Waals surface area contributed by atoms with E-state index in [4.69, 9.17) is 13.1 Å². The second-order valence-electron chi connectivity index (χ2n) is 35.6. The summed E-state index contributed by atoms with van der Waals surface area (Å²) in [5.41, 5.74) is 41.0. The summed E-state index contributed by atoms with van der Waals surface area (Å²) in [6.45, 7) is 39.8. The number of hydrogen-bond donors (Lipinski definition) is 0. The molecule has 0 radical (unpaired) electrons. The monoisotopic (exact) mass is 1700 g/mol. The van der Waals surface area contributed by atoms with Gasteiger partial charge in [-0.3, -0.25) is 0 Å². The van der Waals surface area contributed by atoms with Gasteiger partial charge >= 0.3 is 6.18 Å². The van der Waals surface area contributed by atoms with Crippen molar-refractivity contribution in [3.63, 3.8) is 0 Å². The van der Waals surface area contributed by atoms with Crippen LogP contribution in [-0.4, -0.2) is 18.3 Å². The Morgan fingerprint density at radius 2 is 0.519 bits per heavy atom. The summed E-state index contributed by atoms with van der Waals surface area (Å²) in [7, 11) is 0. The first-order valence-electron chi connectivity index (χ1n) is 44.5.